The van der Waals surface area contributed by atoms with Crippen LogP contribution in [0.1, 0.15) is 26.7 Å². The smallest absolute Gasteiger partial charge is 0.355 e. The highest BCUT2D eigenvalue weighted by atomic mass is 19.4. The molecule has 3 N–H and O–H groups in total. The number of hydrogen-bond acceptors (Lipinski definition) is 2. The predicted octanol–water partition coefficient (Wildman–Crippen LogP) is 1.68. The molecule has 0 rings (SSSR count). The summed E-state index contributed by atoms with van der Waals surface area (Å²) >= 11 is 0. The first kappa shape index (κ1) is 15.2. The zero-order chi connectivity index (χ0) is 12.8. The zero-order valence-electron chi connectivity index (χ0n) is 9.60. The molecule has 0 bridgehead atoms. The number of nitrogens with two attached hydrogens (primary N) is 1. The van der Waals surface area contributed by atoms with Gasteiger partial charge in [-0.3, -0.25) is 4.79 Å². The lowest BCUT2D eigenvalue weighted by Gasteiger charge is -2.17. The van der Waals surface area contributed by atoms with Gasteiger partial charge in [-0.25, -0.2) is 0 Å². The van der Waals surface area contributed by atoms with Crippen molar-refractivity contribution in [2.75, 3.05) is 13.1 Å². The van der Waals surface area contributed by atoms with Crippen LogP contribution in [-0.4, -0.2) is 25.2 Å². The molecule has 1 atom stereocenters. The van der Waals surface area contributed by atoms with E-state index in [1.807, 2.05) is 13.8 Å². The molecule has 1 amide bonds. The molecule has 0 aromatic rings. The Morgan fingerprint density at radius 2 is 1.94 bits per heavy atom. The van der Waals surface area contributed by atoms with E-state index in [1.54, 1.807) is 0 Å². The highest BCUT2D eigenvalue weighted by molar-refractivity contribution is 5.78. The molecule has 3 nitrogen and oxygen atoms in total. The highest BCUT2D eigenvalue weighted by Crippen LogP contribution is 2.18. The van der Waals surface area contributed by atoms with Gasteiger partial charge in [0.05, 0.1) is 12.3 Å². The summed E-state index contributed by atoms with van der Waals surface area (Å²) in [5, 5.41) is 2.26. The Bertz CT molecular complexity index is 217. The van der Waals surface area contributed by atoms with Crippen LogP contribution in [0.4, 0.5) is 13.2 Å². The molecule has 1 unspecified atom stereocenters. The Kier molecular flexibility index (Phi) is 6.40. The van der Waals surface area contributed by atoms with Gasteiger partial charge in [-0.15, -0.1) is 0 Å². The molecule has 0 saturated heterocycles. The summed E-state index contributed by atoms with van der Waals surface area (Å²) in [7, 11) is 0. The second-order valence-corrected chi connectivity index (χ2v) is 4.22. The Labute approximate surface area is 93.6 Å². The Morgan fingerprint density at radius 1 is 1.38 bits per heavy atom. The Morgan fingerprint density at radius 3 is 2.31 bits per heavy atom. The lowest BCUT2D eigenvalue weighted by Crippen LogP contribution is -2.37. The molecule has 96 valence electrons. The van der Waals surface area contributed by atoms with Gasteiger partial charge in [-0.2, -0.15) is 13.2 Å². The quantitative estimate of drug-likeness (QED) is 0.742. The Balaban J connectivity index is 3.93. The van der Waals surface area contributed by atoms with Crippen LogP contribution < -0.4 is 11.1 Å². The fraction of sp³-hybridized carbons (Fsp3) is 0.900. The first-order valence-corrected chi connectivity index (χ1v) is 5.30. The average Bonchev–Trinajstić information content (AvgIpc) is 2.11. The fourth-order valence-corrected chi connectivity index (χ4v) is 1.35. The van der Waals surface area contributed by atoms with Gasteiger partial charge in [0.15, 0.2) is 0 Å². The first-order valence-electron chi connectivity index (χ1n) is 5.30. The molecule has 0 radical (unpaired) electrons. The normalized spacial score (nSPS) is 13.9. The van der Waals surface area contributed by atoms with Crippen LogP contribution in [0.15, 0.2) is 0 Å². The molecular weight excluding hydrogens is 221 g/mol. The molecular formula is C10H19F3N2O. The second kappa shape index (κ2) is 6.73. The van der Waals surface area contributed by atoms with Crippen LogP contribution in [-0.2, 0) is 4.79 Å². The molecule has 0 aliphatic rings. The van der Waals surface area contributed by atoms with Crippen molar-refractivity contribution in [1.82, 2.24) is 5.32 Å². The lowest BCUT2D eigenvalue weighted by molar-refractivity contribution is -0.136. The molecule has 16 heavy (non-hydrogen) atoms. The number of halogens is 3. The van der Waals surface area contributed by atoms with Crippen LogP contribution in [0.3, 0.4) is 0 Å². The number of amides is 1. The molecule has 0 fully saturated rings. The number of rotatable bonds is 6. The maximum absolute atomic E-state index is 11.8. The second-order valence-electron chi connectivity index (χ2n) is 4.22. The highest BCUT2D eigenvalue weighted by Gasteiger charge is 2.27. The minimum absolute atomic E-state index is 0.163. The minimum Gasteiger partial charge on any atom is -0.355 e. The SMILES string of the molecule is CC(C)CC(CN)C(=O)NCCC(F)(F)F. The fourth-order valence-electron chi connectivity index (χ4n) is 1.35. The van der Waals surface area contributed by atoms with E-state index < -0.39 is 18.5 Å². The predicted molar refractivity (Wildman–Crippen MR) is 55.7 cm³/mol. The van der Waals surface area contributed by atoms with Crippen molar-refractivity contribution < 1.29 is 18.0 Å². The van der Waals surface area contributed by atoms with E-state index in [1.165, 1.54) is 0 Å². The van der Waals surface area contributed by atoms with Gasteiger partial charge in [-0.1, -0.05) is 13.8 Å². The largest absolute Gasteiger partial charge is 0.390 e. The van der Waals surface area contributed by atoms with Crippen molar-refractivity contribution in [3.63, 3.8) is 0 Å². The minimum atomic E-state index is -4.23. The maximum atomic E-state index is 11.8. The molecule has 0 aromatic heterocycles. The summed E-state index contributed by atoms with van der Waals surface area (Å²) in [6.07, 6.45) is -4.64. The van der Waals surface area contributed by atoms with E-state index in [2.05, 4.69) is 5.32 Å². The summed E-state index contributed by atoms with van der Waals surface area (Å²) in [6, 6.07) is 0. The van der Waals surface area contributed by atoms with Gasteiger partial charge >= 0.3 is 6.18 Å². The number of nitrogens with one attached hydrogen (secondary N) is 1. The third-order valence-corrected chi connectivity index (χ3v) is 2.12. The van der Waals surface area contributed by atoms with E-state index in [0.717, 1.165) is 0 Å². The number of hydrogen-bond donors (Lipinski definition) is 2. The summed E-state index contributed by atoms with van der Waals surface area (Å²) in [6.45, 7) is 3.66. The van der Waals surface area contributed by atoms with Crippen molar-refractivity contribution in [3.05, 3.63) is 0 Å². The summed E-state index contributed by atoms with van der Waals surface area (Å²) < 4.78 is 35.5. The molecule has 0 aliphatic carbocycles. The molecule has 0 saturated carbocycles. The van der Waals surface area contributed by atoms with Gasteiger partial charge in [0.25, 0.3) is 0 Å². The van der Waals surface area contributed by atoms with Crippen molar-refractivity contribution in [2.45, 2.75) is 32.9 Å². The summed E-state index contributed by atoms with van der Waals surface area (Å²) in [4.78, 5) is 11.4. The van der Waals surface area contributed by atoms with Crippen molar-refractivity contribution >= 4 is 5.91 Å². The topological polar surface area (TPSA) is 55.1 Å². The molecule has 0 heterocycles. The van der Waals surface area contributed by atoms with Crippen LogP contribution in [0.5, 0.6) is 0 Å². The van der Waals surface area contributed by atoms with Gasteiger partial charge < -0.3 is 11.1 Å². The molecule has 6 heteroatoms. The van der Waals surface area contributed by atoms with Gasteiger partial charge in [0.2, 0.25) is 5.91 Å². The van der Waals surface area contributed by atoms with Gasteiger partial charge in [0, 0.05) is 13.1 Å². The summed E-state index contributed by atoms with van der Waals surface area (Å²) in [5.74, 6) is -0.490. The number of carbonyl (C=O) groups excluding carboxylic acids is 1. The van der Waals surface area contributed by atoms with Crippen molar-refractivity contribution in [3.8, 4) is 0 Å². The number of alkyl halides is 3. The van der Waals surface area contributed by atoms with Crippen LogP contribution in [0.2, 0.25) is 0 Å². The summed E-state index contributed by atoms with van der Waals surface area (Å²) in [5.41, 5.74) is 5.40. The van der Waals surface area contributed by atoms with E-state index >= 15 is 0 Å². The lowest BCUT2D eigenvalue weighted by atomic mass is 9.96. The maximum Gasteiger partial charge on any atom is 0.390 e. The van der Waals surface area contributed by atoms with Gasteiger partial charge in [-0.05, 0) is 12.3 Å². The first-order chi connectivity index (χ1) is 7.26. The number of carbonyl (C=O) groups is 1. The molecule has 0 spiro atoms. The molecule has 0 aliphatic heterocycles. The van der Waals surface area contributed by atoms with Gasteiger partial charge in [0.1, 0.15) is 0 Å². The van der Waals surface area contributed by atoms with E-state index in [-0.39, 0.29) is 19.0 Å². The standard InChI is InChI=1S/C10H19F3N2O/c1-7(2)5-8(6-14)9(16)15-4-3-10(11,12)13/h7-8H,3-6,14H2,1-2H3,(H,15,16). The monoisotopic (exact) mass is 240 g/mol. The third kappa shape index (κ3) is 7.50. The van der Waals surface area contributed by atoms with Crippen molar-refractivity contribution in [2.24, 2.45) is 17.6 Å². The van der Waals surface area contributed by atoms with Crippen LogP contribution >= 0.6 is 0 Å². The van der Waals surface area contributed by atoms with Crippen molar-refractivity contribution in [1.29, 1.82) is 0 Å². The van der Waals surface area contributed by atoms with Crippen LogP contribution in [0, 0.1) is 11.8 Å². The van der Waals surface area contributed by atoms with E-state index in [0.29, 0.717) is 12.3 Å². The van der Waals surface area contributed by atoms with E-state index in [4.69, 9.17) is 5.73 Å². The zero-order valence-corrected chi connectivity index (χ0v) is 9.60. The Hall–Kier alpha value is -0.780. The van der Waals surface area contributed by atoms with Crippen LogP contribution in [0.25, 0.3) is 0 Å². The average molecular weight is 240 g/mol. The third-order valence-electron chi connectivity index (χ3n) is 2.12. The van der Waals surface area contributed by atoms with E-state index in [9.17, 15) is 18.0 Å². The molecule has 0 aromatic carbocycles.